The number of imidazole rings is 1. The number of aryl methyl sites for hydroxylation is 1. The fourth-order valence-corrected chi connectivity index (χ4v) is 2.18. The van der Waals surface area contributed by atoms with Crippen LogP contribution in [0, 0.1) is 12.8 Å². The molecule has 0 aliphatic rings. The number of carbonyl (C=O) groups excluding carboxylic acids is 1. The Bertz CT molecular complexity index is 655. The Morgan fingerprint density at radius 2 is 2.20 bits per heavy atom. The lowest BCUT2D eigenvalue weighted by molar-refractivity contribution is 0.0948. The minimum absolute atomic E-state index is 0.229. The maximum atomic E-state index is 12.3. The highest BCUT2D eigenvalue weighted by Gasteiger charge is 2.16. The van der Waals surface area contributed by atoms with Crippen LogP contribution in [-0.2, 0) is 0 Å². The van der Waals surface area contributed by atoms with Crippen molar-refractivity contribution in [2.45, 2.75) is 34.1 Å². The first kappa shape index (κ1) is 14.2. The van der Waals surface area contributed by atoms with E-state index in [2.05, 4.69) is 29.4 Å². The van der Waals surface area contributed by atoms with E-state index in [4.69, 9.17) is 0 Å². The summed E-state index contributed by atoms with van der Waals surface area (Å²) in [5, 5.41) is 4.22. The number of nitrogens with one attached hydrogen (secondary N) is 1. The summed E-state index contributed by atoms with van der Waals surface area (Å²) in [4.78, 5) is 16.7. The Morgan fingerprint density at radius 3 is 2.85 bits per heavy atom. The van der Waals surface area contributed by atoms with Crippen LogP contribution in [0.4, 0.5) is 0 Å². The first-order valence-corrected chi connectivity index (χ1v) is 6.85. The molecule has 0 aliphatic heterocycles. The molecule has 0 unspecified atom stereocenters. The van der Waals surface area contributed by atoms with Crippen LogP contribution in [0.15, 0.2) is 29.5 Å². The minimum Gasteiger partial charge on any atom is -0.295 e. The highest BCUT2D eigenvalue weighted by atomic mass is 16.2. The average molecular weight is 272 g/mol. The SMILES string of the molecule is CC/C(=N/NC(=O)c1c(C)nc2ccccn12)C(C)C. The summed E-state index contributed by atoms with van der Waals surface area (Å²) in [6.07, 6.45) is 2.65. The number of pyridine rings is 1. The lowest BCUT2D eigenvalue weighted by atomic mass is 10.1. The van der Waals surface area contributed by atoms with Gasteiger partial charge >= 0.3 is 0 Å². The molecule has 0 aliphatic carbocycles. The van der Waals surface area contributed by atoms with Gasteiger partial charge in [0.1, 0.15) is 11.3 Å². The van der Waals surface area contributed by atoms with E-state index in [9.17, 15) is 4.79 Å². The van der Waals surface area contributed by atoms with E-state index >= 15 is 0 Å². The average Bonchev–Trinajstić information content (AvgIpc) is 2.74. The van der Waals surface area contributed by atoms with Crippen molar-refractivity contribution in [1.29, 1.82) is 0 Å². The van der Waals surface area contributed by atoms with Crippen molar-refractivity contribution in [2.75, 3.05) is 0 Å². The lowest BCUT2D eigenvalue weighted by Gasteiger charge is -2.08. The second-order valence-corrected chi connectivity index (χ2v) is 5.03. The maximum Gasteiger partial charge on any atom is 0.290 e. The molecule has 1 N–H and O–H groups in total. The summed E-state index contributed by atoms with van der Waals surface area (Å²) in [6.45, 7) is 7.99. The van der Waals surface area contributed by atoms with Gasteiger partial charge in [0.2, 0.25) is 0 Å². The van der Waals surface area contributed by atoms with E-state index in [0.717, 1.165) is 17.8 Å². The van der Waals surface area contributed by atoms with E-state index in [0.29, 0.717) is 17.3 Å². The van der Waals surface area contributed by atoms with Crippen LogP contribution >= 0.6 is 0 Å². The predicted molar refractivity (Wildman–Crippen MR) is 80.0 cm³/mol. The van der Waals surface area contributed by atoms with Crippen LogP contribution in [0.3, 0.4) is 0 Å². The van der Waals surface area contributed by atoms with E-state index in [-0.39, 0.29) is 5.91 Å². The molecule has 2 heterocycles. The van der Waals surface area contributed by atoms with Crippen LogP contribution in [0.2, 0.25) is 0 Å². The molecule has 2 aromatic heterocycles. The number of rotatable bonds is 4. The molecule has 1 amide bonds. The Hall–Kier alpha value is -2.17. The molecular weight excluding hydrogens is 252 g/mol. The second-order valence-electron chi connectivity index (χ2n) is 5.03. The summed E-state index contributed by atoms with van der Waals surface area (Å²) in [5.41, 5.74) is 5.61. The van der Waals surface area contributed by atoms with E-state index in [1.54, 1.807) is 4.40 Å². The summed E-state index contributed by atoms with van der Waals surface area (Å²) >= 11 is 0. The smallest absolute Gasteiger partial charge is 0.290 e. The number of nitrogens with zero attached hydrogens (tertiary/aromatic N) is 3. The number of fused-ring (bicyclic) bond motifs is 1. The van der Waals surface area contributed by atoms with Crippen molar-refractivity contribution in [3.05, 3.63) is 35.8 Å². The fraction of sp³-hybridized carbons (Fsp3) is 0.400. The number of hydrazone groups is 1. The Balaban J connectivity index is 2.30. The lowest BCUT2D eigenvalue weighted by Crippen LogP contribution is -2.23. The largest absolute Gasteiger partial charge is 0.295 e. The van der Waals surface area contributed by atoms with Crippen molar-refractivity contribution in [3.8, 4) is 0 Å². The molecule has 0 atom stereocenters. The van der Waals surface area contributed by atoms with Gasteiger partial charge in [-0.05, 0) is 31.4 Å². The van der Waals surface area contributed by atoms with Gasteiger partial charge in [0.25, 0.3) is 5.91 Å². The predicted octanol–water partition coefficient (Wildman–Crippen LogP) is 2.79. The summed E-state index contributed by atoms with van der Waals surface area (Å²) in [6, 6.07) is 5.65. The van der Waals surface area contributed by atoms with Gasteiger partial charge < -0.3 is 0 Å². The number of carbonyl (C=O) groups is 1. The van der Waals surface area contributed by atoms with Crippen LogP contribution in [-0.4, -0.2) is 21.0 Å². The quantitative estimate of drug-likeness (QED) is 0.687. The summed E-state index contributed by atoms with van der Waals surface area (Å²) in [5.74, 6) is 0.0939. The molecule has 2 aromatic rings. The van der Waals surface area contributed by atoms with Gasteiger partial charge in [-0.3, -0.25) is 9.20 Å². The monoisotopic (exact) mass is 272 g/mol. The summed E-state index contributed by atoms with van der Waals surface area (Å²) in [7, 11) is 0. The zero-order valence-corrected chi connectivity index (χ0v) is 12.3. The van der Waals surface area contributed by atoms with Crippen molar-refractivity contribution in [1.82, 2.24) is 14.8 Å². The normalized spacial score (nSPS) is 12.2. The van der Waals surface area contributed by atoms with E-state index < -0.39 is 0 Å². The Kier molecular flexibility index (Phi) is 4.17. The first-order valence-electron chi connectivity index (χ1n) is 6.85. The molecule has 0 radical (unpaired) electrons. The second kappa shape index (κ2) is 5.86. The third-order valence-electron chi connectivity index (χ3n) is 3.25. The molecule has 106 valence electrons. The number of amides is 1. The minimum atomic E-state index is -0.229. The first-order chi connectivity index (χ1) is 9.54. The molecule has 0 spiro atoms. The van der Waals surface area contributed by atoms with E-state index in [1.807, 2.05) is 38.2 Å². The molecule has 0 saturated heterocycles. The molecular formula is C15H20N4O. The number of hydrogen-bond donors (Lipinski definition) is 1. The molecule has 5 nitrogen and oxygen atoms in total. The molecule has 20 heavy (non-hydrogen) atoms. The summed E-state index contributed by atoms with van der Waals surface area (Å²) < 4.78 is 1.78. The van der Waals surface area contributed by atoms with Gasteiger partial charge in [-0.2, -0.15) is 5.10 Å². The van der Waals surface area contributed by atoms with Crippen molar-refractivity contribution >= 4 is 17.3 Å². The van der Waals surface area contributed by atoms with Gasteiger partial charge in [-0.1, -0.05) is 26.8 Å². The van der Waals surface area contributed by atoms with Crippen LogP contribution < -0.4 is 5.43 Å². The Labute approximate surface area is 118 Å². The Morgan fingerprint density at radius 1 is 1.45 bits per heavy atom. The molecule has 0 bridgehead atoms. The highest BCUT2D eigenvalue weighted by Crippen LogP contribution is 2.11. The highest BCUT2D eigenvalue weighted by molar-refractivity contribution is 5.96. The van der Waals surface area contributed by atoms with Crippen molar-refractivity contribution in [3.63, 3.8) is 0 Å². The van der Waals surface area contributed by atoms with Crippen molar-refractivity contribution < 1.29 is 4.79 Å². The van der Waals surface area contributed by atoms with Crippen LogP contribution in [0.25, 0.3) is 5.65 Å². The topological polar surface area (TPSA) is 58.8 Å². The standard InChI is InChI=1S/C15H20N4O/c1-5-12(10(2)3)17-18-15(20)14-11(4)16-13-8-6-7-9-19(13)14/h6-10H,5H2,1-4H3,(H,18,20)/b17-12-. The zero-order chi connectivity index (χ0) is 14.7. The number of aromatic nitrogens is 2. The van der Waals surface area contributed by atoms with Gasteiger partial charge in [0, 0.05) is 11.9 Å². The van der Waals surface area contributed by atoms with Gasteiger partial charge in [-0.15, -0.1) is 0 Å². The van der Waals surface area contributed by atoms with Crippen molar-refractivity contribution in [2.24, 2.45) is 11.0 Å². The zero-order valence-electron chi connectivity index (χ0n) is 12.3. The van der Waals surface area contributed by atoms with E-state index in [1.165, 1.54) is 0 Å². The number of hydrogen-bond acceptors (Lipinski definition) is 3. The van der Waals surface area contributed by atoms with Gasteiger partial charge in [-0.25, -0.2) is 10.4 Å². The van der Waals surface area contributed by atoms with Crippen LogP contribution in [0.1, 0.15) is 43.4 Å². The van der Waals surface area contributed by atoms with Gasteiger partial charge in [0.15, 0.2) is 0 Å². The fourth-order valence-electron chi connectivity index (χ4n) is 2.18. The molecule has 2 rings (SSSR count). The van der Waals surface area contributed by atoms with Gasteiger partial charge in [0.05, 0.1) is 5.69 Å². The third-order valence-corrected chi connectivity index (χ3v) is 3.25. The third kappa shape index (κ3) is 2.71. The maximum absolute atomic E-state index is 12.3. The molecule has 0 fully saturated rings. The molecule has 5 heteroatoms. The molecule has 0 saturated carbocycles. The molecule has 0 aromatic carbocycles. The van der Waals surface area contributed by atoms with Crippen LogP contribution in [0.5, 0.6) is 0 Å².